The maximum Gasteiger partial charge on any atom is 0.265 e. The van der Waals surface area contributed by atoms with Crippen LogP contribution in [0.3, 0.4) is 0 Å². The van der Waals surface area contributed by atoms with E-state index in [9.17, 15) is 18.0 Å². The third-order valence-corrected chi connectivity index (χ3v) is 2.90. The van der Waals surface area contributed by atoms with Crippen LogP contribution in [0.4, 0.5) is 0 Å². The van der Waals surface area contributed by atoms with Gasteiger partial charge in [0.25, 0.3) is 11.8 Å². The zero-order valence-corrected chi connectivity index (χ0v) is 9.77. The van der Waals surface area contributed by atoms with Crippen molar-refractivity contribution >= 4 is 21.7 Å². The molecule has 0 unspecified atom stereocenters. The number of hydrogen-bond acceptors (Lipinski definition) is 4. The summed E-state index contributed by atoms with van der Waals surface area (Å²) < 4.78 is 21.9. The largest absolute Gasteiger partial charge is 0.268 e. The molecule has 1 heterocycles. The van der Waals surface area contributed by atoms with Gasteiger partial charge in [0, 0.05) is 17.9 Å². The van der Waals surface area contributed by atoms with Gasteiger partial charge in [-0.15, -0.1) is 0 Å². The predicted molar refractivity (Wildman–Crippen MR) is 60.9 cm³/mol. The van der Waals surface area contributed by atoms with Crippen LogP contribution in [-0.2, 0) is 9.84 Å². The Bertz CT molecular complexity index is 596. The van der Waals surface area contributed by atoms with Crippen molar-refractivity contribution in [2.75, 3.05) is 6.26 Å². The number of nitrogens with zero attached hydrogens (tertiary/aromatic N) is 1. The first kappa shape index (κ1) is 11.5. The normalized spacial score (nSPS) is 15.7. The second kappa shape index (κ2) is 3.81. The summed E-state index contributed by atoms with van der Waals surface area (Å²) in [4.78, 5) is 24.4. The van der Waals surface area contributed by atoms with Gasteiger partial charge in [0.05, 0.1) is 11.1 Å². The highest BCUT2D eigenvalue weighted by molar-refractivity contribution is 7.93. The fourth-order valence-corrected chi connectivity index (χ4v) is 1.86. The second-order valence-electron chi connectivity index (χ2n) is 3.64. The Morgan fingerprint density at radius 1 is 1.06 bits per heavy atom. The lowest BCUT2D eigenvalue weighted by Crippen LogP contribution is -2.23. The van der Waals surface area contributed by atoms with E-state index in [4.69, 9.17) is 0 Å². The summed E-state index contributed by atoms with van der Waals surface area (Å²) in [5.41, 5.74) is 0.575. The lowest BCUT2D eigenvalue weighted by molar-refractivity contribution is 0.0722. The van der Waals surface area contributed by atoms with E-state index in [0.29, 0.717) is 0 Å². The Labute approximate surface area is 98.3 Å². The van der Waals surface area contributed by atoms with Crippen LogP contribution in [-0.4, -0.2) is 31.4 Å². The summed E-state index contributed by atoms with van der Waals surface area (Å²) >= 11 is 0. The molecule has 88 valence electrons. The highest BCUT2D eigenvalue weighted by Gasteiger charge is 2.33. The highest BCUT2D eigenvalue weighted by atomic mass is 32.2. The summed E-state index contributed by atoms with van der Waals surface area (Å²) in [7, 11) is -3.37. The number of amides is 2. The second-order valence-corrected chi connectivity index (χ2v) is 5.57. The standard InChI is InChI=1S/C11H9NO4S/c1-17(15,16)7-6-12-10(13)8-4-2-3-5-9(8)11(12)14/h2-7H,1H3/b7-6+. The molecule has 0 atom stereocenters. The first-order chi connectivity index (χ1) is 7.90. The van der Waals surface area contributed by atoms with Gasteiger partial charge in [0.15, 0.2) is 9.84 Å². The summed E-state index contributed by atoms with van der Waals surface area (Å²) in [6, 6.07) is 6.36. The molecule has 0 radical (unpaired) electrons. The lowest BCUT2D eigenvalue weighted by atomic mass is 10.1. The number of rotatable bonds is 2. The molecule has 1 aromatic rings. The van der Waals surface area contributed by atoms with Crippen LogP contribution in [0.25, 0.3) is 0 Å². The number of carbonyl (C=O) groups excluding carboxylic acids is 2. The predicted octanol–water partition coefficient (Wildman–Crippen LogP) is 0.798. The molecule has 1 aromatic carbocycles. The Balaban J connectivity index is 2.41. The van der Waals surface area contributed by atoms with Crippen LogP contribution in [0, 0.1) is 0 Å². The quantitative estimate of drug-likeness (QED) is 0.729. The third kappa shape index (κ3) is 2.12. The van der Waals surface area contributed by atoms with E-state index in [0.717, 1.165) is 22.8 Å². The lowest BCUT2D eigenvalue weighted by Gasteiger charge is -2.05. The maximum atomic E-state index is 11.8. The van der Waals surface area contributed by atoms with Crippen LogP contribution >= 0.6 is 0 Å². The molecule has 5 nitrogen and oxygen atoms in total. The maximum absolute atomic E-state index is 11.8. The molecule has 0 N–H and O–H groups in total. The summed E-state index contributed by atoms with van der Waals surface area (Å²) in [6.45, 7) is 0. The van der Waals surface area contributed by atoms with Crippen LogP contribution in [0.5, 0.6) is 0 Å². The van der Waals surface area contributed by atoms with Gasteiger partial charge < -0.3 is 0 Å². The molecule has 0 aromatic heterocycles. The smallest absolute Gasteiger partial charge is 0.265 e. The van der Waals surface area contributed by atoms with E-state index in [-0.39, 0.29) is 11.1 Å². The molecule has 1 aliphatic rings. The topological polar surface area (TPSA) is 71.5 Å². The van der Waals surface area contributed by atoms with Crippen molar-refractivity contribution in [2.45, 2.75) is 0 Å². The monoisotopic (exact) mass is 251 g/mol. The number of benzene rings is 1. The van der Waals surface area contributed by atoms with E-state index in [1.807, 2.05) is 0 Å². The molecule has 0 spiro atoms. The van der Waals surface area contributed by atoms with Crippen LogP contribution in [0.1, 0.15) is 20.7 Å². The van der Waals surface area contributed by atoms with Crippen molar-refractivity contribution in [1.82, 2.24) is 4.90 Å². The average Bonchev–Trinajstić information content (AvgIpc) is 2.49. The Morgan fingerprint density at radius 2 is 1.53 bits per heavy atom. The number of hydrogen-bond donors (Lipinski definition) is 0. The van der Waals surface area contributed by atoms with Gasteiger partial charge in [-0.3, -0.25) is 9.59 Å². The first-order valence-corrected chi connectivity index (χ1v) is 6.71. The van der Waals surface area contributed by atoms with Crippen molar-refractivity contribution in [1.29, 1.82) is 0 Å². The Morgan fingerprint density at radius 3 is 1.94 bits per heavy atom. The molecule has 17 heavy (non-hydrogen) atoms. The van der Waals surface area contributed by atoms with Gasteiger partial charge in [0.2, 0.25) is 0 Å². The molecule has 2 rings (SSSR count). The number of sulfone groups is 1. The molecular formula is C11H9NO4S. The van der Waals surface area contributed by atoms with Crippen LogP contribution in [0.15, 0.2) is 35.9 Å². The summed E-state index contributed by atoms with van der Waals surface area (Å²) in [5.74, 6) is -1.02. The van der Waals surface area contributed by atoms with Crippen LogP contribution < -0.4 is 0 Å². The fraction of sp³-hybridized carbons (Fsp3) is 0.0909. The minimum atomic E-state index is -3.37. The molecule has 0 aliphatic carbocycles. The van der Waals surface area contributed by atoms with Gasteiger partial charge >= 0.3 is 0 Å². The van der Waals surface area contributed by atoms with Gasteiger partial charge in [-0.1, -0.05) is 12.1 Å². The van der Waals surface area contributed by atoms with Crippen LogP contribution in [0.2, 0.25) is 0 Å². The first-order valence-electron chi connectivity index (χ1n) is 4.75. The Kier molecular flexibility index (Phi) is 2.59. The van der Waals surface area contributed by atoms with Crippen molar-refractivity contribution in [3.05, 3.63) is 47.0 Å². The average molecular weight is 251 g/mol. The van der Waals surface area contributed by atoms with Gasteiger partial charge in [-0.05, 0) is 12.1 Å². The van der Waals surface area contributed by atoms with Crippen molar-refractivity contribution in [2.24, 2.45) is 0 Å². The molecule has 0 bridgehead atoms. The highest BCUT2D eigenvalue weighted by Crippen LogP contribution is 2.22. The van der Waals surface area contributed by atoms with E-state index in [2.05, 4.69) is 0 Å². The van der Waals surface area contributed by atoms with Gasteiger partial charge in [0.1, 0.15) is 0 Å². The number of carbonyl (C=O) groups is 2. The van der Waals surface area contributed by atoms with E-state index >= 15 is 0 Å². The van der Waals surface area contributed by atoms with Crippen molar-refractivity contribution in [3.63, 3.8) is 0 Å². The molecular weight excluding hydrogens is 242 g/mol. The molecule has 0 saturated carbocycles. The summed E-state index contributed by atoms with van der Waals surface area (Å²) in [6.07, 6.45) is 1.97. The van der Waals surface area contributed by atoms with E-state index in [1.165, 1.54) is 12.1 Å². The van der Waals surface area contributed by atoms with E-state index < -0.39 is 21.7 Å². The third-order valence-electron chi connectivity index (χ3n) is 2.28. The zero-order chi connectivity index (χ0) is 12.6. The SMILES string of the molecule is CS(=O)(=O)/C=C/N1C(=O)c2ccccc2C1=O. The zero-order valence-electron chi connectivity index (χ0n) is 8.95. The van der Waals surface area contributed by atoms with Gasteiger partial charge in [-0.25, -0.2) is 13.3 Å². The minimum Gasteiger partial charge on any atom is -0.268 e. The van der Waals surface area contributed by atoms with Crippen molar-refractivity contribution in [3.8, 4) is 0 Å². The molecule has 2 amide bonds. The minimum absolute atomic E-state index is 0.288. The molecule has 0 fully saturated rings. The Hall–Kier alpha value is -1.95. The summed E-state index contributed by atoms with van der Waals surface area (Å²) in [5, 5.41) is 0.828. The number of imide groups is 1. The van der Waals surface area contributed by atoms with Crippen molar-refractivity contribution < 1.29 is 18.0 Å². The molecule has 6 heteroatoms. The van der Waals surface area contributed by atoms with E-state index in [1.54, 1.807) is 12.1 Å². The van der Waals surface area contributed by atoms with Gasteiger partial charge in [-0.2, -0.15) is 0 Å². The number of fused-ring (bicyclic) bond motifs is 1. The molecule has 1 aliphatic heterocycles. The molecule has 0 saturated heterocycles. The fourth-order valence-electron chi connectivity index (χ4n) is 1.51.